The number of esters is 1. The normalized spacial score (nSPS) is 10.2. The predicted octanol–water partition coefficient (Wildman–Crippen LogP) is 2.29. The van der Waals surface area contributed by atoms with Crippen LogP contribution < -0.4 is 5.32 Å². The van der Waals surface area contributed by atoms with Gasteiger partial charge in [-0.25, -0.2) is 0 Å². The molecule has 3 heteroatoms. The highest BCUT2D eigenvalue weighted by Gasteiger charge is 2.01. The molecule has 1 aromatic rings. The van der Waals surface area contributed by atoms with Gasteiger partial charge >= 0.3 is 5.97 Å². The molecule has 1 aromatic carbocycles. The van der Waals surface area contributed by atoms with Crippen molar-refractivity contribution in [3.8, 4) is 0 Å². The Balaban J connectivity index is 2.24. The highest BCUT2D eigenvalue weighted by atomic mass is 16.5. The Kier molecular flexibility index (Phi) is 6.33. The van der Waals surface area contributed by atoms with E-state index in [4.69, 9.17) is 0 Å². The molecular formula is C14H21NO2. The number of rotatable bonds is 7. The smallest absolute Gasteiger partial charge is 0.305 e. The van der Waals surface area contributed by atoms with E-state index in [0.717, 1.165) is 25.9 Å². The number of ether oxygens (including phenoxy) is 1. The molecule has 0 aliphatic heterocycles. The Labute approximate surface area is 103 Å². The summed E-state index contributed by atoms with van der Waals surface area (Å²) in [7, 11) is 1.42. The first kappa shape index (κ1) is 13.7. The molecule has 3 nitrogen and oxygen atoms in total. The monoisotopic (exact) mass is 235 g/mol. The number of hydrogen-bond acceptors (Lipinski definition) is 3. The number of carbonyl (C=O) groups is 1. The van der Waals surface area contributed by atoms with E-state index >= 15 is 0 Å². The van der Waals surface area contributed by atoms with Gasteiger partial charge in [0.15, 0.2) is 0 Å². The summed E-state index contributed by atoms with van der Waals surface area (Å²) in [4.78, 5) is 10.9. The van der Waals surface area contributed by atoms with Crippen LogP contribution in [0.4, 0.5) is 0 Å². The number of hydrogen-bond donors (Lipinski definition) is 1. The van der Waals surface area contributed by atoms with Gasteiger partial charge in [-0.05, 0) is 30.5 Å². The molecular weight excluding hydrogens is 214 g/mol. The summed E-state index contributed by atoms with van der Waals surface area (Å²) >= 11 is 0. The number of carbonyl (C=O) groups excluding carboxylic acids is 1. The first-order chi connectivity index (χ1) is 8.27. The lowest BCUT2D eigenvalue weighted by Crippen LogP contribution is -2.17. The average molecular weight is 235 g/mol. The first-order valence-corrected chi connectivity index (χ1v) is 6.12. The molecule has 1 N–H and O–H groups in total. The summed E-state index contributed by atoms with van der Waals surface area (Å²) in [6, 6.07) is 8.43. The molecule has 94 valence electrons. The van der Waals surface area contributed by atoms with Gasteiger partial charge in [0, 0.05) is 13.0 Å². The van der Waals surface area contributed by atoms with Crippen molar-refractivity contribution < 1.29 is 9.53 Å². The maximum absolute atomic E-state index is 10.9. The van der Waals surface area contributed by atoms with E-state index in [0.29, 0.717) is 6.42 Å². The summed E-state index contributed by atoms with van der Waals surface area (Å²) in [5.41, 5.74) is 2.72. The van der Waals surface area contributed by atoms with Gasteiger partial charge in [-0.2, -0.15) is 0 Å². The summed E-state index contributed by atoms with van der Waals surface area (Å²) in [6.45, 7) is 3.87. The number of methoxy groups -OCH3 is 1. The van der Waals surface area contributed by atoms with Crippen LogP contribution in [-0.4, -0.2) is 19.6 Å². The lowest BCUT2D eigenvalue weighted by atomic mass is 10.1. The zero-order valence-corrected chi connectivity index (χ0v) is 10.7. The average Bonchev–Trinajstić information content (AvgIpc) is 2.38. The van der Waals surface area contributed by atoms with Crippen LogP contribution in [0.2, 0.25) is 0 Å². The number of nitrogens with one attached hydrogen (secondary N) is 1. The van der Waals surface area contributed by atoms with E-state index in [9.17, 15) is 4.79 Å². The summed E-state index contributed by atoms with van der Waals surface area (Å²) in [6.07, 6.45) is 2.36. The third kappa shape index (κ3) is 5.00. The molecule has 0 radical (unpaired) electrons. The highest BCUT2D eigenvalue weighted by molar-refractivity contribution is 5.69. The zero-order valence-electron chi connectivity index (χ0n) is 10.7. The van der Waals surface area contributed by atoms with Gasteiger partial charge < -0.3 is 10.1 Å². The molecule has 0 saturated carbocycles. The molecule has 1 rings (SSSR count). The van der Waals surface area contributed by atoms with Gasteiger partial charge in [0.05, 0.1) is 7.11 Å². The predicted molar refractivity (Wildman–Crippen MR) is 68.8 cm³/mol. The van der Waals surface area contributed by atoms with E-state index in [1.807, 2.05) is 0 Å². The lowest BCUT2D eigenvalue weighted by molar-refractivity contribution is -0.140. The van der Waals surface area contributed by atoms with E-state index in [1.54, 1.807) is 0 Å². The summed E-state index contributed by atoms with van der Waals surface area (Å²) < 4.78 is 4.58. The van der Waals surface area contributed by atoms with Crippen molar-refractivity contribution in [2.24, 2.45) is 0 Å². The Hall–Kier alpha value is -1.35. The minimum atomic E-state index is -0.138. The van der Waals surface area contributed by atoms with Crippen molar-refractivity contribution >= 4 is 5.97 Å². The van der Waals surface area contributed by atoms with E-state index in [-0.39, 0.29) is 5.97 Å². The zero-order chi connectivity index (χ0) is 12.5. The van der Waals surface area contributed by atoms with Crippen molar-refractivity contribution in [2.75, 3.05) is 13.7 Å². The number of aryl methyl sites for hydroxylation is 1. The second-order valence-corrected chi connectivity index (χ2v) is 3.98. The lowest BCUT2D eigenvalue weighted by Gasteiger charge is -2.08. The van der Waals surface area contributed by atoms with Crippen LogP contribution in [-0.2, 0) is 22.5 Å². The maximum atomic E-state index is 10.9. The van der Waals surface area contributed by atoms with Crippen molar-refractivity contribution in [3.05, 3.63) is 35.4 Å². The van der Waals surface area contributed by atoms with E-state index < -0.39 is 0 Å². The van der Waals surface area contributed by atoms with Crippen molar-refractivity contribution in [1.29, 1.82) is 0 Å². The molecule has 0 heterocycles. The van der Waals surface area contributed by atoms with E-state index in [2.05, 4.69) is 41.2 Å². The molecule has 0 bridgehead atoms. The largest absolute Gasteiger partial charge is 0.469 e. The minimum absolute atomic E-state index is 0.138. The maximum Gasteiger partial charge on any atom is 0.305 e. The number of benzene rings is 1. The third-order valence-corrected chi connectivity index (χ3v) is 2.78. The SMILES string of the molecule is CCc1ccccc1CNCCCC(=O)OC. The van der Waals surface area contributed by atoms with Crippen LogP contribution in [0.5, 0.6) is 0 Å². The van der Waals surface area contributed by atoms with Crippen molar-refractivity contribution in [1.82, 2.24) is 5.32 Å². The molecule has 0 fully saturated rings. The van der Waals surface area contributed by atoms with Crippen molar-refractivity contribution in [3.63, 3.8) is 0 Å². The van der Waals surface area contributed by atoms with Gasteiger partial charge in [-0.1, -0.05) is 31.2 Å². The molecule has 0 spiro atoms. The molecule has 0 aliphatic rings. The second kappa shape index (κ2) is 7.85. The second-order valence-electron chi connectivity index (χ2n) is 3.98. The van der Waals surface area contributed by atoms with Crippen molar-refractivity contribution in [2.45, 2.75) is 32.7 Å². The summed E-state index contributed by atoms with van der Waals surface area (Å²) in [5.74, 6) is -0.138. The standard InChI is InChI=1S/C14H21NO2/c1-3-12-7-4-5-8-13(12)11-15-10-6-9-14(16)17-2/h4-5,7-8,15H,3,6,9-11H2,1-2H3. The summed E-state index contributed by atoms with van der Waals surface area (Å²) in [5, 5.41) is 3.35. The van der Waals surface area contributed by atoms with Crippen LogP contribution in [0.3, 0.4) is 0 Å². The Morgan fingerprint density at radius 1 is 1.29 bits per heavy atom. The first-order valence-electron chi connectivity index (χ1n) is 6.12. The minimum Gasteiger partial charge on any atom is -0.469 e. The van der Waals surface area contributed by atoms with Gasteiger partial charge in [0.2, 0.25) is 0 Å². The van der Waals surface area contributed by atoms with Crippen LogP contribution in [0.1, 0.15) is 30.9 Å². The van der Waals surface area contributed by atoms with Crippen LogP contribution >= 0.6 is 0 Å². The highest BCUT2D eigenvalue weighted by Crippen LogP contribution is 2.08. The Morgan fingerprint density at radius 3 is 2.65 bits per heavy atom. The van der Waals surface area contributed by atoms with Crippen LogP contribution in [0.25, 0.3) is 0 Å². The molecule has 0 aromatic heterocycles. The Bertz CT molecular complexity index is 350. The molecule has 0 aliphatic carbocycles. The van der Waals surface area contributed by atoms with Gasteiger partial charge in [0.1, 0.15) is 0 Å². The van der Waals surface area contributed by atoms with Gasteiger partial charge in [-0.3, -0.25) is 4.79 Å². The molecule has 0 unspecified atom stereocenters. The van der Waals surface area contributed by atoms with Crippen LogP contribution in [0, 0.1) is 0 Å². The van der Waals surface area contributed by atoms with Crippen LogP contribution in [0.15, 0.2) is 24.3 Å². The van der Waals surface area contributed by atoms with Gasteiger partial charge in [-0.15, -0.1) is 0 Å². The quantitative estimate of drug-likeness (QED) is 0.582. The van der Waals surface area contributed by atoms with Gasteiger partial charge in [0.25, 0.3) is 0 Å². The molecule has 0 amide bonds. The molecule has 17 heavy (non-hydrogen) atoms. The molecule has 0 saturated heterocycles. The topological polar surface area (TPSA) is 38.3 Å². The fourth-order valence-electron chi connectivity index (χ4n) is 1.76. The third-order valence-electron chi connectivity index (χ3n) is 2.78. The Morgan fingerprint density at radius 2 is 2.00 bits per heavy atom. The molecule has 0 atom stereocenters. The fraction of sp³-hybridized carbons (Fsp3) is 0.500. The van der Waals surface area contributed by atoms with E-state index in [1.165, 1.54) is 18.2 Å². The fourth-order valence-corrected chi connectivity index (χ4v) is 1.76.